The van der Waals surface area contributed by atoms with Crippen molar-refractivity contribution in [1.82, 2.24) is 5.32 Å². The molecule has 0 aliphatic rings. The van der Waals surface area contributed by atoms with Gasteiger partial charge in [0.25, 0.3) is 0 Å². The van der Waals surface area contributed by atoms with E-state index >= 15 is 0 Å². The lowest BCUT2D eigenvalue weighted by atomic mass is 10.3. The van der Waals surface area contributed by atoms with Crippen molar-refractivity contribution in [2.45, 2.75) is 6.92 Å². The summed E-state index contributed by atoms with van der Waals surface area (Å²) < 4.78 is 12.6. The normalized spacial score (nSPS) is 9.89. The van der Waals surface area contributed by atoms with E-state index < -0.39 is 0 Å². The third-order valence-corrected chi connectivity index (χ3v) is 2.90. The average Bonchev–Trinajstić information content (AvgIpc) is 2.32. The molecule has 0 aliphatic heterocycles. The van der Waals surface area contributed by atoms with Crippen LogP contribution in [-0.2, 0) is 9.59 Å². The Morgan fingerprint density at radius 1 is 1.17 bits per heavy atom. The van der Waals surface area contributed by atoms with E-state index in [2.05, 4.69) is 10.6 Å². The molecule has 0 radical (unpaired) electrons. The van der Waals surface area contributed by atoms with Crippen LogP contribution >= 0.6 is 11.8 Å². The summed E-state index contributed by atoms with van der Waals surface area (Å²) in [7, 11) is 0. The second-order valence-corrected chi connectivity index (χ2v) is 4.49. The molecule has 1 aromatic rings. The standard InChI is InChI=1S/C12H15FN2O2S/c1-2-14-11(16)7-18-8-12(17)15-10-5-3-9(13)4-6-10/h3-6H,2,7-8H2,1H3,(H,14,16)(H,15,17). The van der Waals surface area contributed by atoms with E-state index in [1.54, 1.807) is 0 Å². The summed E-state index contributed by atoms with van der Waals surface area (Å²) in [6, 6.07) is 5.53. The van der Waals surface area contributed by atoms with Gasteiger partial charge in [-0.25, -0.2) is 4.39 Å². The van der Waals surface area contributed by atoms with Gasteiger partial charge in [-0.1, -0.05) is 0 Å². The van der Waals surface area contributed by atoms with Gasteiger partial charge in [0.05, 0.1) is 11.5 Å². The topological polar surface area (TPSA) is 58.2 Å². The summed E-state index contributed by atoms with van der Waals surface area (Å²) in [5, 5.41) is 5.26. The Labute approximate surface area is 109 Å². The molecule has 98 valence electrons. The van der Waals surface area contributed by atoms with Gasteiger partial charge in [-0.15, -0.1) is 11.8 Å². The molecule has 0 saturated carbocycles. The number of anilines is 1. The highest BCUT2D eigenvalue weighted by Gasteiger charge is 2.05. The molecule has 0 fully saturated rings. The van der Waals surface area contributed by atoms with Gasteiger partial charge in [0.1, 0.15) is 5.82 Å². The SMILES string of the molecule is CCNC(=O)CSCC(=O)Nc1ccc(F)cc1. The van der Waals surface area contributed by atoms with Crippen molar-refractivity contribution in [3.63, 3.8) is 0 Å². The predicted molar refractivity (Wildman–Crippen MR) is 71.0 cm³/mol. The lowest BCUT2D eigenvalue weighted by Crippen LogP contribution is -2.25. The Hall–Kier alpha value is -1.56. The summed E-state index contributed by atoms with van der Waals surface area (Å²) in [6.07, 6.45) is 0. The maximum absolute atomic E-state index is 12.6. The lowest BCUT2D eigenvalue weighted by molar-refractivity contribution is -0.118. The highest BCUT2D eigenvalue weighted by atomic mass is 32.2. The van der Waals surface area contributed by atoms with Gasteiger partial charge < -0.3 is 10.6 Å². The van der Waals surface area contributed by atoms with Gasteiger partial charge in [0.2, 0.25) is 11.8 Å². The molecule has 0 unspecified atom stereocenters. The number of carbonyl (C=O) groups excluding carboxylic acids is 2. The number of thioether (sulfide) groups is 1. The first-order valence-electron chi connectivity index (χ1n) is 5.51. The Bertz CT molecular complexity index is 409. The molecular formula is C12H15FN2O2S. The predicted octanol–water partition coefficient (Wildman–Crippen LogP) is 1.63. The van der Waals surface area contributed by atoms with Crippen molar-refractivity contribution in [2.75, 3.05) is 23.4 Å². The number of halogens is 1. The summed E-state index contributed by atoms with van der Waals surface area (Å²) in [5.41, 5.74) is 0.542. The molecule has 0 heterocycles. The van der Waals surface area contributed by atoms with Crippen LogP contribution in [0, 0.1) is 5.82 Å². The monoisotopic (exact) mass is 270 g/mol. The molecule has 0 spiro atoms. The van der Waals surface area contributed by atoms with Crippen molar-refractivity contribution in [2.24, 2.45) is 0 Å². The molecule has 1 rings (SSSR count). The maximum atomic E-state index is 12.6. The molecule has 2 amide bonds. The van der Waals surface area contributed by atoms with E-state index in [4.69, 9.17) is 0 Å². The first-order chi connectivity index (χ1) is 8.61. The Kier molecular flexibility index (Phi) is 6.21. The molecule has 6 heteroatoms. The molecule has 0 bridgehead atoms. The fourth-order valence-corrected chi connectivity index (χ4v) is 1.86. The molecule has 0 atom stereocenters. The van der Waals surface area contributed by atoms with Crippen LogP contribution in [0.15, 0.2) is 24.3 Å². The van der Waals surface area contributed by atoms with Crippen LogP contribution in [-0.4, -0.2) is 29.9 Å². The smallest absolute Gasteiger partial charge is 0.234 e. The molecule has 0 saturated heterocycles. The number of nitrogens with one attached hydrogen (secondary N) is 2. The molecule has 18 heavy (non-hydrogen) atoms. The Morgan fingerprint density at radius 2 is 1.78 bits per heavy atom. The van der Waals surface area contributed by atoms with Crippen LogP contribution in [0.4, 0.5) is 10.1 Å². The Balaban J connectivity index is 2.25. The fourth-order valence-electron chi connectivity index (χ4n) is 1.21. The number of hydrogen-bond donors (Lipinski definition) is 2. The number of amides is 2. The van der Waals surface area contributed by atoms with Crippen LogP contribution in [0.5, 0.6) is 0 Å². The van der Waals surface area contributed by atoms with Crippen LogP contribution in [0.2, 0.25) is 0 Å². The van der Waals surface area contributed by atoms with E-state index in [0.717, 1.165) is 0 Å². The number of carbonyl (C=O) groups is 2. The average molecular weight is 270 g/mol. The van der Waals surface area contributed by atoms with Gasteiger partial charge in [-0.3, -0.25) is 9.59 Å². The summed E-state index contributed by atoms with van der Waals surface area (Å²) in [5.74, 6) is -0.203. The van der Waals surface area contributed by atoms with Crippen molar-refractivity contribution in [3.05, 3.63) is 30.1 Å². The highest BCUT2D eigenvalue weighted by molar-refractivity contribution is 8.00. The number of rotatable bonds is 6. The second-order valence-electron chi connectivity index (χ2n) is 3.50. The largest absolute Gasteiger partial charge is 0.356 e. The van der Waals surface area contributed by atoms with Crippen molar-refractivity contribution in [1.29, 1.82) is 0 Å². The summed E-state index contributed by atoms with van der Waals surface area (Å²) in [4.78, 5) is 22.6. The highest BCUT2D eigenvalue weighted by Crippen LogP contribution is 2.09. The molecule has 0 aromatic heterocycles. The minimum Gasteiger partial charge on any atom is -0.356 e. The van der Waals surface area contributed by atoms with Crippen molar-refractivity contribution in [3.8, 4) is 0 Å². The number of benzene rings is 1. The number of hydrogen-bond acceptors (Lipinski definition) is 3. The molecule has 0 aliphatic carbocycles. The van der Waals surface area contributed by atoms with Gasteiger partial charge in [-0.05, 0) is 31.2 Å². The second kappa shape index (κ2) is 7.71. The zero-order chi connectivity index (χ0) is 13.4. The zero-order valence-electron chi connectivity index (χ0n) is 10.0. The van der Waals surface area contributed by atoms with E-state index in [1.165, 1.54) is 36.0 Å². The third kappa shape index (κ3) is 5.67. The lowest BCUT2D eigenvalue weighted by Gasteiger charge is -2.05. The third-order valence-electron chi connectivity index (χ3n) is 1.97. The van der Waals surface area contributed by atoms with Crippen molar-refractivity contribution >= 4 is 29.3 Å². The van der Waals surface area contributed by atoms with E-state index in [9.17, 15) is 14.0 Å². The minimum atomic E-state index is -0.349. The van der Waals surface area contributed by atoms with Crippen LogP contribution < -0.4 is 10.6 Å². The van der Waals surface area contributed by atoms with Crippen LogP contribution in [0.3, 0.4) is 0 Å². The molecular weight excluding hydrogens is 255 g/mol. The fraction of sp³-hybridized carbons (Fsp3) is 0.333. The van der Waals surface area contributed by atoms with Crippen LogP contribution in [0.1, 0.15) is 6.92 Å². The molecule has 4 nitrogen and oxygen atoms in total. The Morgan fingerprint density at radius 3 is 2.39 bits per heavy atom. The van der Waals surface area contributed by atoms with Gasteiger partial charge >= 0.3 is 0 Å². The van der Waals surface area contributed by atoms with Gasteiger partial charge in [-0.2, -0.15) is 0 Å². The van der Waals surface area contributed by atoms with Gasteiger partial charge in [0.15, 0.2) is 0 Å². The first-order valence-corrected chi connectivity index (χ1v) is 6.67. The van der Waals surface area contributed by atoms with E-state index in [1.807, 2.05) is 6.92 Å². The maximum Gasteiger partial charge on any atom is 0.234 e. The minimum absolute atomic E-state index is 0.0860. The van der Waals surface area contributed by atoms with E-state index in [0.29, 0.717) is 12.2 Å². The first kappa shape index (κ1) is 14.5. The zero-order valence-corrected chi connectivity index (χ0v) is 10.8. The molecule has 2 N–H and O–H groups in total. The quantitative estimate of drug-likeness (QED) is 0.826. The van der Waals surface area contributed by atoms with Crippen molar-refractivity contribution < 1.29 is 14.0 Å². The summed E-state index contributed by atoms with van der Waals surface area (Å²) >= 11 is 1.23. The summed E-state index contributed by atoms with van der Waals surface area (Å²) in [6.45, 7) is 2.42. The molecule has 1 aromatic carbocycles. The van der Waals surface area contributed by atoms with Gasteiger partial charge in [0, 0.05) is 12.2 Å². The van der Waals surface area contributed by atoms with E-state index in [-0.39, 0.29) is 29.1 Å². The van der Waals surface area contributed by atoms with Crippen LogP contribution in [0.25, 0.3) is 0 Å².